The highest BCUT2D eigenvalue weighted by Gasteiger charge is 2.29. The van der Waals surface area contributed by atoms with Crippen LogP contribution in [0, 0.1) is 0 Å². The lowest BCUT2D eigenvalue weighted by Gasteiger charge is -2.37. The molecule has 1 saturated heterocycles. The minimum absolute atomic E-state index is 0.0263. The molecular formula is C11H19NO4. The van der Waals surface area contributed by atoms with E-state index in [0.717, 1.165) is 19.3 Å². The first-order valence-corrected chi connectivity index (χ1v) is 5.71. The third-order valence-corrected chi connectivity index (χ3v) is 2.98. The van der Waals surface area contributed by atoms with Gasteiger partial charge in [0.05, 0.1) is 18.6 Å². The zero-order chi connectivity index (χ0) is 12.1. The molecule has 0 aliphatic carbocycles. The van der Waals surface area contributed by atoms with Gasteiger partial charge in [-0.15, -0.1) is 0 Å². The lowest BCUT2D eigenvalue weighted by Crippen LogP contribution is -2.48. The molecule has 1 rings (SSSR count). The summed E-state index contributed by atoms with van der Waals surface area (Å²) in [6.45, 7) is 2.31. The summed E-state index contributed by atoms with van der Waals surface area (Å²) in [7, 11) is 0. The lowest BCUT2D eigenvalue weighted by atomic mass is 9.97. The maximum atomic E-state index is 11.8. The number of hydrogen-bond acceptors (Lipinski definition) is 3. The summed E-state index contributed by atoms with van der Waals surface area (Å²) in [6.07, 6.45) is 2.09. The number of aliphatic hydroxyl groups excluding tert-OH is 1. The molecule has 1 aliphatic rings. The maximum absolute atomic E-state index is 11.8. The topological polar surface area (TPSA) is 77.8 Å². The highest BCUT2D eigenvalue weighted by Crippen LogP contribution is 2.20. The molecule has 5 nitrogen and oxygen atoms in total. The monoisotopic (exact) mass is 229 g/mol. The number of likely N-dealkylation sites (tertiary alicyclic amines) is 1. The van der Waals surface area contributed by atoms with Crippen LogP contribution in [0.1, 0.15) is 39.0 Å². The second kappa shape index (κ2) is 5.84. The van der Waals surface area contributed by atoms with Gasteiger partial charge in [-0.05, 0) is 26.2 Å². The molecule has 16 heavy (non-hydrogen) atoms. The molecule has 92 valence electrons. The number of carboxylic acids is 1. The molecular weight excluding hydrogens is 210 g/mol. The summed E-state index contributed by atoms with van der Waals surface area (Å²) in [5.41, 5.74) is 0. The van der Waals surface area contributed by atoms with Crippen LogP contribution in [0.15, 0.2) is 0 Å². The number of carbonyl (C=O) groups is 2. The van der Waals surface area contributed by atoms with Crippen LogP contribution in [-0.2, 0) is 9.59 Å². The number of carbonyl (C=O) groups excluding carboxylic acids is 1. The zero-order valence-electron chi connectivity index (χ0n) is 9.56. The number of amides is 1. The van der Waals surface area contributed by atoms with E-state index < -0.39 is 12.1 Å². The van der Waals surface area contributed by atoms with Gasteiger partial charge in [0.15, 0.2) is 0 Å². The highest BCUT2D eigenvalue weighted by molar-refractivity contribution is 5.81. The van der Waals surface area contributed by atoms with E-state index in [2.05, 4.69) is 0 Å². The number of hydrogen-bond donors (Lipinski definition) is 2. The van der Waals surface area contributed by atoms with E-state index in [9.17, 15) is 14.7 Å². The lowest BCUT2D eigenvalue weighted by molar-refractivity contribution is -0.143. The molecule has 0 spiro atoms. The van der Waals surface area contributed by atoms with Crippen LogP contribution < -0.4 is 0 Å². The molecule has 0 aromatic carbocycles. The fourth-order valence-corrected chi connectivity index (χ4v) is 2.13. The van der Waals surface area contributed by atoms with Crippen molar-refractivity contribution in [1.29, 1.82) is 0 Å². The average Bonchev–Trinajstić information content (AvgIpc) is 2.25. The van der Waals surface area contributed by atoms with Crippen LogP contribution in [-0.4, -0.2) is 45.7 Å². The van der Waals surface area contributed by atoms with Crippen molar-refractivity contribution in [3.05, 3.63) is 0 Å². The van der Waals surface area contributed by atoms with E-state index in [1.807, 2.05) is 0 Å². The average molecular weight is 229 g/mol. The van der Waals surface area contributed by atoms with Crippen molar-refractivity contribution in [2.75, 3.05) is 6.54 Å². The fourth-order valence-electron chi connectivity index (χ4n) is 2.13. The summed E-state index contributed by atoms with van der Waals surface area (Å²) < 4.78 is 0. The Kier molecular flexibility index (Phi) is 4.73. The summed E-state index contributed by atoms with van der Waals surface area (Å²) >= 11 is 0. The third kappa shape index (κ3) is 3.48. The predicted octanol–water partition coefficient (Wildman–Crippen LogP) is 0.613. The van der Waals surface area contributed by atoms with Crippen molar-refractivity contribution in [3.8, 4) is 0 Å². The Morgan fingerprint density at radius 1 is 1.38 bits per heavy atom. The third-order valence-electron chi connectivity index (χ3n) is 2.98. The first kappa shape index (κ1) is 13.0. The second-order valence-corrected chi connectivity index (χ2v) is 4.28. The SMILES string of the molecule is C[C@@H](O)[C@@H]1CCCCN1C(=O)CCC(=O)O. The summed E-state index contributed by atoms with van der Waals surface area (Å²) in [6, 6.07) is -0.143. The Morgan fingerprint density at radius 2 is 2.06 bits per heavy atom. The minimum atomic E-state index is -0.959. The van der Waals surface area contributed by atoms with Crippen molar-refractivity contribution in [1.82, 2.24) is 4.90 Å². The number of carboxylic acid groups (broad SMARTS) is 1. The largest absolute Gasteiger partial charge is 0.481 e. The van der Waals surface area contributed by atoms with Crippen LogP contribution in [0.2, 0.25) is 0 Å². The predicted molar refractivity (Wildman–Crippen MR) is 57.9 cm³/mol. The number of rotatable bonds is 4. The molecule has 5 heteroatoms. The molecule has 0 radical (unpaired) electrons. The Hall–Kier alpha value is -1.10. The Labute approximate surface area is 95.1 Å². The first-order valence-electron chi connectivity index (χ1n) is 5.71. The molecule has 1 aliphatic heterocycles. The minimum Gasteiger partial charge on any atom is -0.481 e. The van der Waals surface area contributed by atoms with Gasteiger partial charge >= 0.3 is 5.97 Å². The van der Waals surface area contributed by atoms with Gasteiger partial charge < -0.3 is 15.1 Å². The van der Waals surface area contributed by atoms with E-state index in [1.165, 1.54) is 0 Å². The van der Waals surface area contributed by atoms with Crippen molar-refractivity contribution < 1.29 is 19.8 Å². The summed E-state index contributed by atoms with van der Waals surface area (Å²) in [5.74, 6) is -1.12. The van der Waals surface area contributed by atoms with Gasteiger partial charge in [0.1, 0.15) is 0 Å². The van der Waals surface area contributed by atoms with Crippen LogP contribution >= 0.6 is 0 Å². The molecule has 1 fully saturated rings. The van der Waals surface area contributed by atoms with Gasteiger partial charge in [-0.2, -0.15) is 0 Å². The summed E-state index contributed by atoms with van der Waals surface area (Å²) in [5, 5.41) is 18.1. The van der Waals surface area contributed by atoms with Crippen molar-refractivity contribution in [2.24, 2.45) is 0 Å². The Morgan fingerprint density at radius 3 is 2.62 bits per heavy atom. The number of piperidine rings is 1. The van der Waals surface area contributed by atoms with Gasteiger partial charge in [0, 0.05) is 13.0 Å². The smallest absolute Gasteiger partial charge is 0.303 e. The normalized spacial score (nSPS) is 22.9. The van der Waals surface area contributed by atoms with Crippen LogP contribution in [0.25, 0.3) is 0 Å². The Bertz CT molecular complexity index is 265. The van der Waals surface area contributed by atoms with E-state index in [0.29, 0.717) is 6.54 Å². The standard InChI is InChI=1S/C11H19NO4/c1-8(13)9-4-2-3-7-12(9)10(14)5-6-11(15)16/h8-9,13H,2-7H2,1H3,(H,15,16)/t8-,9+/m1/s1. The van der Waals surface area contributed by atoms with Gasteiger partial charge in [0.25, 0.3) is 0 Å². The van der Waals surface area contributed by atoms with E-state index in [-0.39, 0.29) is 24.8 Å². The molecule has 0 aromatic heterocycles. The number of aliphatic hydroxyl groups is 1. The molecule has 0 aromatic rings. The number of aliphatic carboxylic acids is 1. The molecule has 2 N–H and O–H groups in total. The first-order chi connectivity index (χ1) is 7.52. The van der Waals surface area contributed by atoms with Crippen molar-refractivity contribution in [3.63, 3.8) is 0 Å². The quantitative estimate of drug-likeness (QED) is 0.740. The van der Waals surface area contributed by atoms with Crippen LogP contribution in [0.5, 0.6) is 0 Å². The second-order valence-electron chi connectivity index (χ2n) is 4.28. The molecule has 0 bridgehead atoms. The van der Waals surface area contributed by atoms with Gasteiger partial charge in [-0.25, -0.2) is 0 Å². The van der Waals surface area contributed by atoms with Crippen LogP contribution in [0.3, 0.4) is 0 Å². The fraction of sp³-hybridized carbons (Fsp3) is 0.818. The van der Waals surface area contributed by atoms with E-state index >= 15 is 0 Å². The Balaban J connectivity index is 2.53. The zero-order valence-corrected chi connectivity index (χ0v) is 9.56. The van der Waals surface area contributed by atoms with E-state index in [4.69, 9.17) is 5.11 Å². The number of nitrogens with zero attached hydrogens (tertiary/aromatic N) is 1. The van der Waals surface area contributed by atoms with Gasteiger partial charge in [-0.1, -0.05) is 0 Å². The molecule has 0 saturated carbocycles. The van der Waals surface area contributed by atoms with Crippen molar-refractivity contribution >= 4 is 11.9 Å². The highest BCUT2D eigenvalue weighted by atomic mass is 16.4. The molecule has 1 heterocycles. The summed E-state index contributed by atoms with van der Waals surface area (Å²) in [4.78, 5) is 23.8. The van der Waals surface area contributed by atoms with Gasteiger partial charge in [-0.3, -0.25) is 9.59 Å². The molecule has 2 atom stereocenters. The van der Waals surface area contributed by atoms with Crippen LogP contribution in [0.4, 0.5) is 0 Å². The molecule has 0 unspecified atom stereocenters. The maximum Gasteiger partial charge on any atom is 0.303 e. The van der Waals surface area contributed by atoms with Gasteiger partial charge in [0.2, 0.25) is 5.91 Å². The van der Waals surface area contributed by atoms with Crippen molar-refractivity contribution in [2.45, 2.75) is 51.2 Å². The molecule has 1 amide bonds. The van der Waals surface area contributed by atoms with E-state index in [1.54, 1.807) is 11.8 Å².